The minimum Gasteiger partial charge on any atom is -0.389 e. The van der Waals surface area contributed by atoms with Gasteiger partial charge in [-0.1, -0.05) is 6.92 Å². The van der Waals surface area contributed by atoms with E-state index in [4.69, 9.17) is 14.2 Å². The van der Waals surface area contributed by atoms with E-state index in [1.807, 2.05) is 0 Å². The van der Waals surface area contributed by atoms with Crippen molar-refractivity contribution in [3.63, 3.8) is 0 Å². The van der Waals surface area contributed by atoms with Gasteiger partial charge < -0.3 is 19.3 Å². The van der Waals surface area contributed by atoms with Crippen molar-refractivity contribution in [2.75, 3.05) is 46.6 Å². The fourth-order valence-electron chi connectivity index (χ4n) is 2.20. The Morgan fingerprint density at radius 3 is 2.89 bits per heavy atom. The Morgan fingerprint density at radius 1 is 1.44 bits per heavy atom. The Labute approximate surface area is 110 Å². The third kappa shape index (κ3) is 5.63. The van der Waals surface area contributed by atoms with Gasteiger partial charge in [-0.05, 0) is 13.3 Å². The molecule has 108 valence electrons. The number of hydrogen-bond acceptors (Lipinski definition) is 5. The summed E-state index contributed by atoms with van der Waals surface area (Å²) < 4.78 is 15.9. The van der Waals surface area contributed by atoms with Crippen molar-refractivity contribution in [2.24, 2.45) is 0 Å². The molecule has 0 radical (unpaired) electrons. The third-order valence-corrected chi connectivity index (χ3v) is 3.24. The number of β-amino-alcohol motifs (C(OH)–C–C–N with tert-alkyl or cyclic N) is 1. The van der Waals surface area contributed by atoms with E-state index in [0.717, 1.165) is 19.6 Å². The van der Waals surface area contributed by atoms with Gasteiger partial charge in [0.2, 0.25) is 0 Å². The number of nitrogens with zero attached hydrogens (tertiary/aromatic N) is 1. The van der Waals surface area contributed by atoms with Crippen LogP contribution in [0.15, 0.2) is 0 Å². The second-order valence-electron chi connectivity index (χ2n) is 4.88. The highest BCUT2D eigenvalue weighted by Gasteiger charge is 2.26. The molecule has 1 fully saturated rings. The van der Waals surface area contributed by atoms with E-state index in [0.29, 0.717) is 32.4 Å². The molecule has 1 aliphatic rings. The molecule has 0 aromatic heterocycles. The molecule has 1 aliphatic heterocycles. The zero-order chi connectivity index (χ0) is 13.4. The van der Waals surface area contributed by atoms with Gasteiger partial charge in [-0.3, -0.25) is 4.90 Å². The third-order valence-electron chi connectivity index (χ3n) is 3.24. The maximum Gasteiger partial charge on any atom is 0.0900 e. The first kappa shape index (κ1) is 15.9. The van der Waals surface area contributed by atoms with E-state index in [2.05, 4.69) is 18.7 Å². The van der Waals surface area contributed by atoms with Crippen LogP contribution in [0, 0.1) is 0 Å². The molecule has 0 saturated carbocycles. The fraction of sp³-hybridized carbons (Fsp3) is 1.00. The minimum absolute atomic E-state index is 0.245. The minimum atomic E-state index is -0.443. The van der Waals surface area contributed by atoms with Crippen LogP contribution in [0.5, 0.6) is 0 Å². The fourth-order valence-corrected chi connectivity index (χ4v) is 2.20. The molecule has 0 aromatic carbocycles. The highest BCUT2D eigenvalue weighted by molar-refractivity contribution is 4.79. The number of aliphatic hydroxyl groups is 1. The van der Waals surface area contributed by atoms with Crippen LogP contribution in [0.2, 0.25) is 0 Å². The first-order chi connectivity index (χ1) is 8.67. The molecule has 5 heteroatoms. The van der Waals surface area contributed by atoms with Gasteiger partial charge in [-0.2, -0.15) is 0 Å². The van der Waals surface area contributed by atoms with Crippen molar-refractivity contribution in [1.29, 1.82) is 0 Å². The number of methoxy groups -OCH3 is 1. The Hall–Kier alpha value is -0.200. The van der Waals surface area contributed by atoms with Crippen molar-refractivity contribution in [1.82, 2.24) is 4.90 Å². The summed E-state index contributed by atoms with van der Waals surface area (Å²) in [6.07, 6.45) is 0.847. The predicted octanol–water partition coefficient (Wildman–Crippen LogP) is 0.510. The summed E-state index contributed by atoms with van der Waals surface area (Å²) >= 11 is 0. The number of ether oxygens (including phenoxy) is 3. The van der Waals surface area contributed by atoms with E-state index >= 15 is 0 Å². The molecule has 1 rings (SSSR count). The van der Waals surface area contributed by atoms with Gasteiger partial charge in [0.15, 0.2) is 0 Å². The Bertz CT molecular complexity index is 215. The molecule has 0 aromatic rings. The molecule has 1 N–H and O–H groups in total. The van der Waals surface area contributed by atoms with E-state index in [-0.39, 0.29) is 6.10 Å². The summed E-state index contributed by atoms with van der Waals surface area (Å²) in [5.74, 6) is 0. The Kier molecular flexibility index (Phi) is 7.77. The topological polar surface area (TPSA) is 51.2 Å². The molecule has 0 aliphatic carbocycles. The van der Waals surface area contributed by atoms with Crippen LogP contribution in [0.3, 0.4) is 0 Å². The first-order valence-corrected chi connectivity index (χ1v) is 6.77. The van der Waals surface area contributed by atoms with Crippen molar-refractivity contribution >= 4 is 0 Å². The first-order valence-electron chi connectivity index (χ1n) is 6.77. The van der Waals surface area contributed by atoms with Crippen LogP contribution in [0.25, 0.3) is 0 Å². The lowest BCUT2D eigenvalue weighted by Gasteiger charge is -2.39. The van der Waals surface area contributed by atoms with E-state index in [1.165, 1.54) is 0 Å². The lowest BCUT2D eigenvalue weighted by molar-refractivity contribution is -0.0770. The van der Waals surface area contributed by atoms with Crippen molar-refractivity contribution in [3.8, 4) is 0 Å². The average Bonchev–Trinajstić information content (AvgIpc) is 2.35. The number of hydrogen-bond donors (Lipinski definition) is 1. The van der Waals surface area contributed by atoms with Crippen LogP contribution in [-0.4, -0.2) is 74.9 Å². The molecule has 5 nitrogen and oxygen atoms in total. The van der Waals surface area contributed by atoms with Crippen molar-refractivity contribution < 1.29 is 19.3 Å². The van der Waals surface area contributed by atoms with Crippen LogP contribution in [0.4, 0.5) is 0 Å². The quantitative estimate of drug-likeness (QED) is 0.645. The molecule has 3 atom stereocenters. The molecule has 18 heavy (non-hydrogen) atoms. The molecular weight excluding hydrogens is 234 g/mol. The highest BCUT2D eigenvalue weighted by Crippen LogP contribution is 2.14. The average molecular weight is 261 g/mol. The molecular formula is C13H27NO4. The molecule has 1 heterocycles. The molecule has 0 spiro atoms. The lowest BCUT2D eigenvalue weighted by Crippen LogP contribution is -2.51. The van der Waals surface area contributed by atoms with Gasteiger partial charge in [-0.25, -0.2) is 0 Å². The lowest BCUT2D eigenvalue weighted by atomic mass is 10.1. The maximum atomic E-state index is 9.95. The molecule has 3 unspecified atom stereocenters. The highest BCUT2D eigenvalue weighted by atomic mass is 16.5. The van der Waals surface area contributed by atoms with E-state index in [9.17, 15) is 5.11 Å². The predicted molar refractivity (Wildman–Crippen MR) is 69.8 cm³/mol. The van der Waals surface area contributed by atoms with Crippen LogP contribution in [0.1, 0.15) is 20.3 Å². The number of morpholine rings is 1. The Balaban J connectivity index is 2.25. The number of rotatable bonds is 8. The summed E-state index contributed by atoms with van der Waals surface area (Å²) in [4.78, 5) is 2.30. The van der Waals surface area contributed by atoms with Gasteiger partial charge in [0.1, 0.15) is 0 Å². The monoisotopic (exact) mass is 261 g/mol. The van der Waals surface area contributed by atoms with Crippen LogP contribution in [-0.2, 0) is 14.2 Å². The summed E-state index contributed by atoms with van der Waals surface area (Å²) in [6.45, 7) is 7.98. The van der Waals surface area contributed by atoms with Crippen molar-refractivity contribution in [3.05, 3.63) is 0 Å². The van der Waals surface area contributed by atoms with E-state index < -0.39 is 6.10 Å². The van der Waals surface area contributed by atoms with Gasteiger partial charge >= 0.3 is 0 Å². The zero-order valence-corrected chi connectivity index (χ0v) is 11.8. The summed E-state index contributed by atoms with van der Waals surface area (Å²) in [6, 6.07) is 0.412. The number of aliphatic hydroxyl groups excluding tert-OH is 1. The van der Waals surface area contributed by atoms with Gasteiger partial charge in [0.25, 0.3) is 0 Å². The second kappa shape index (κ2) is 8.82. The molecule has 0 bridgehead atoms. The zero-order valence-electron chi connectivity index (χ0n) is 11.8. The van der Waals surface area contributed by atoms with Crippen LogP contribution < -0.4 is 0 Å². The SMILES string of the molecule is CCC1COC(C)CN1CC(O)COCCOC. The summed E-state index contributed by atoms with van der Waals surface area (Å²) in [5, 5.41) is 9.95. The maximum absolute atomic E-state index is 9.95. The standard InChI is InChI=1S/C13H27NO4/c1-4-12-9-18-11(2)7-14(12)8-13(15)10-17-6-5-16-3/h11-13,15H,4-10H2,1-3H3. The second-order valence-corrected chi connectivity index (χ2v) is 4.88. The largest absolute Gasteiger partial charge is 0.389 e. The summed E-state index contributed by atoms with van der Waals surface area (Å²) in [5.41, 5.74) is 0. The normalized spacial score (nSPS) is 27.3. The van der Waals surface area contributed by atoms with E-state index in [1.54, 1.807) is 7.11 Å². The molecule has 1 saturated heterocycles. The molecule has 0 amide bonds. The van der Waals surface area contributed by atoms with Crippen LogP contribution >= 0.6 is 0 Å². The van der Waals surface area contributed by atoms with Gasteiger partial charge in [0.05, 0.1) is 38.6 Å². The van der Waals surface area contributed by atoms with Gasteiger partial charge in [0, 0.05) is 26.2 Å². The van der Waals surface area contributed by atoms with Crippen molar-refractivity contribution in [2.45, 2.75) is 38.5 Å². The smallest absolute Gasteiger partial charge is 0.0900 e. The summed E-state index contributed by atoms with van der Waals surface area (Å²) in [7, 11) is 1.64. The Morgan fingerprint density at radius 2 is 2.22 bits per heavy atom. The van der Waals surface area contributed by atoms with Gasteiger partial charge in [-0.15, -0.1) is 0 Å².